The van der Waals surface area contributed by atoms with Crippen molar-refractivity contribution in [1.82, 2.24) is 19.9 Å². The van der Waals surface area contributed by atoms with E-state index in [0.717, 1.165) is 81.1 Å². The first-order valence-electron chi connectivity index (χ1n) is 11.3. The van der Waals surface area contributed by atoms with E-state index in [2.05, 4.69) is 23.8 Å². The Morgan fingerprint density at radius 3 is 1.56 bits per heavy atom. The van der Waals surface area contributed by atoms with E-state index in [0.29, 0.717) is 13.2 Å². The zero-order valence-electron chi connectivity index (χ0n) is 18.5. The molecule has 6 heteroatoms. The number of hydrogen-bond acceptors (Lipinski definition) is 6. The number of fused-ring (bicyclic) bond motifs is 7. The molecule has 0 N–H and O–H groups in total. The fourth-order valence-corrected chi connectivity index (χ4v) is 3.89. The number of pyridine rings is 2. The second kappa shape index (κ2) is 8.91. The van der Waals surface area contributed by atoms with Crippen LogP contribution in [0.2, 0.25) is 0 Å². The Morgan fingerprint density at radius 1 is 0.656 bits per heavy atom. The number of nitrogens with zero attached hydrogens (tertiary/aromatic N) is 4. The molecule has 0 fully saturated rings. The van der Waals surface area contributed by atoms with E-state index in [9.17, 15) is 0 Å². The molecule has 0 aliphatic rings. The van der Waals surface area contributed by atoms with E-state index >= 15 is 0 Å². The van der Waals surface area contributed by atoms with Gasteiger partial charge in [-0.15, -0.1) is 0 Å². The first-order chi connectivity index (χ1) is 15.8. The monoisotopic (exact) mass is 426 g/mol. The maximum absolute atomic E-state index is 6.07. The fraction of sp³-hybridized carbons (Fsp3) is 0.308. The summed E-state index contributed by atoms with van der Waals surface area (Å²) < 4.78 is 12.1. The van der Waals surface area contributed by atoms with E-state index in [1.807, 2.05) is 36.4 Å². The topological polar surface area (TPSA) is 70.0 Å². The molecule has 3 aromatic heterocycles. The highest BCUT2D eigenvalue weighted by Gasteiger charge is 2.16. The quantitative estimate of drug-likeness (QED) is 0.166. The molecule has 0 atom stereocenters. The summed E-state index contributed by atoms with van der Waals surface area (Å²) in [5.41, 5.74) is 4.87. The van der Waals surface area contributed by atoms with Crippen molar-refractivity contribution in [2.45, 2.75) is 39.5 Å². The summed E-state index contributed by atoms with van der Waals surface area (Å²) in [4.78, 5) is 19.2. The van der Waals surface area contributed by atoms with Gasteiger partial charge in [0.15, 0.2) is 11.5 Å². The minimum absolute atomic E-state index is 0.649. The van der Waals surface area contributed by atoms with E-state index < -0.39 is 0 Å². The molecule has 2 aromatic carbocycles. The summed E-state index contributed by atoms with van der Waals surface area (Å²) in [7, 11) is 0. The Kier molecular flexibility index (Phi) is 5.67. The molecular weight excluding hydrogens is 400 g/mol. The number of hydrogen-bond donors (Lipinski definition) is 0. The van der Waals surface area contributed by atoms with Crippen molar-refractivity contribution in [2.75, 3.05) is 13.2 Å². The highest BCUT2D eigenvalue weighted by molar-refractivity contribution is 6.21. The summed E-state index contributed by atoms with van der Waals surface area (Å²) >= 11 is 0. The summed E-state index contributed by atoms with van der Waals surface area (Å²) in [6, 6.07) is 11.8. The highest BCUT2D eigenvalue weighted by atomic mass is 16.5. The molecule has 0 unspecified atom stereocenters. The van der Waals surface area contributed by atoms with Gasteiger partial charge in [-0.25, -0.2) is 9.97 Å². The first kappa shape index (κ1) is 20.4. The number of ether oxygens (including phenoxy) is 2. The fourth-order valence-electron chi connectivity index (χ4n) is 3.89. The largest absolute Gasteiger partial charge is 0.490 e. The third kappa shape index (κ3) is 3.66. The van der Waals surface area contributed by atoms with E-state index in [-0.39, 0.29) is 0 Å². The molecule has 0 bridgehead atoms. The van der Waals surface area contributed by atoms with Gasteiger partial charge in [-0.1, -0.05) is 26.7 Å². The van der Waals surface area contributed by atoms with Crippen molar-refractivity contribution in [3.63, 3.8) is 0 Å². The van der Waals surface area contributed by atoms with E-state index in [1.165, 1.54) is 0 Å². The van der Waals surface area contributed by atoms with Crippen LogP contribution in [0.3, 0.4) is 0 Å². The van der Waals surface area contributed by atoms with Gasteiger partial charge in [0.2, 0.25) is 0 Å². The molecule has 0 spiro atoms. The van der Waals surface area contributed by atoms with Gasteiger partial charge in [-0.3, -0.25) is 9.97 Å². The van der Waals surface area contributed by atoms with Gasteiger partial charge in [0.05, 0.1) is 46.3 Å². The Labute approximate surface area is 186 Å². The van der Waals surface area contributed by atoms with Crippen molar-refractivity contribution in [1.29, 1.82) is 0 Å². The van der Waals surface area contributed by atoms with Crippen LogP contribution in [0.15, 0.2) is 48.8 Å². The van der Waals surface area contributed by atoms with Crippen molar-refractivity contribution in [3.05, 3.63) is 48.8 Å². The van der Waals surface area contributed by atoms with Gasteiger partial charge in [0, 0.05) is 35.3 Å². The molecule has 32 heavy (non-hydrogen) atoms. The van der Waals surface area contributed by atoms with Crippen LogP contribution in [0.5, 0.6) is 11.5 Å². The smallest absolute Gasteiger partial charge is 0.163 e. The van der Waals surface area contributed by atoms with Gasteiger partial charge in [0.1, 0.15) is 0 Å². The molecule has 3 heterocycles. The lowest BCUT2D eigenvalue weighted by Gasteiger charge is -2.14. The molecule has 0 saturated carbocycles. The van der Waals surface area contributed by atoms with Crippen LogP contribution >= 0.6 is 0 Å². The number of rotatable bonds is 8. The van der Waals surface area contributed by atoms with Gasteiger partial charge in [0.25, 0.3) is 0 Å². The minimum atomic E-state index is 0.649. The van der Waals surface area contributed by atoms with Crippen LogP contribution in [0.25, 0.3) is 43.9 Å². The van der Waals surface area contributed by atoms with Crippen molar-refractivity contribution in [3.8, 4) is 11.5 Å². The van der Waals surface area contributed by atoms with Crippen molar-refractivity contribution >= 4 is 43.9 Å². The third-order valence-corrected chi connectivity index (χ3v) is 5.59. The van der Waals surface area contributed by atoms with Crippen molar-refractivity contribution < 1.29 is 9.47 Å². The van der Waals surface area contributed by atoms with E-state index in [4.69, 9.17) is 19.4 Å². The van der Waals surface area contributed by atoms with Gasteiger partial charge in [-0.2, -0.15) is 0 Å². The zero-order valence-corrected chi connectivity index (χ0v) is 18.5. The maximum Gasteiger partial charge on any atom is 0.163 e. The number of benzene rings is 2. The summed E-state index contributed by atoms with van der Waals surface area (Å²) in [5, 5.41) is 1.89. The maximum atomic E-state index is 6.07. The van der Waals surface area contributed by atoms with Crippen LogP contribution < -0.4 is 9.47 Å². The second-order valence-corrected chi connectivity index (χ2v) is 7.91. The predicted octanol–water partition coefficient (Wildman–Crippen LogP) is 6.24. The number of aromatic nitrogens is 4. The summed E-state index contributed by atoms with van der Waals surface area (Å²) in [6.45, 7) is 5.60. The lowest BCUT2D eigenvalue weighted by atomic mass is 10.1. The SMILES string of the molecule is CCCCOc1cc2nc3c4cccnc4c4ncccc4c3nc2cc1OCCCC. The van der Waals surface area contributed by atoms with Gasteiger partial charge < -0.3 is 9.47 Å². The van der Waals surface area contributed by atoms with Gasteiger partial charge >= 0.3 is 0 Å². The normalized spacial score (nSPS) is 11.6. The van der Waals surface area contributed by atoms with E-state index in [1.54, 1.807) is 12.4 Å². The molecule has 0 amide bonds. The molecule has 5 rings (SSSR count). The Morgan fingerprint density at radius 2 is 1.12 bits per heavy atom. The van der Waals surface area contributed by atoms with Crippen molar-refractivity contribution in [2.24, 2.45) is 0 Å². The van der Waals surface area contributed by atoms with Crippen LogP contribution in [0.1, 0.15) is 39.5 Å². The Hall–Kier alpha value is -3.54. The second-order valence-electron chi connectivity index (χ2n) is 7.91. The Bertz CT molecular complexity index is 1310. The first-order valence-corrected chi connectivity index (χ1v) is 11.3. The average molecular weight is 427 g/mol. The summed E-state index contributed by atoms with van der Waals surface area (Å²) in [6.07, 6.45) is 7.71. The lowest BCUT2D eigenvalue weighted by molar-refractivity contribution is 0.262. The van der Waals surface area contributed by atoms with Crippen LogP contribution in [0, 0.1) is 0 Å². The minimum Gasteiger partial charge on any atom is -0.490 e. The van der Waals surface area contributed by atoms with Gasteiger partial charge in [-0.05, 0) is 37.1 Å². The number of unbranched alkanes of at least 4 members (excludes halogenated alkanes) is 2. The van der Waals surface area contributed by atoms with Crippen LogP contribution in [-0.2, 0) is 0 Å². The van der Waals surface area contributed by atoms with Crippen LogP contribution in [-0.4, -0.2) is 33.1 Å². The molecule has 0 radical (unpaired) electrons. The van der Waals surface area contributed by atoms with Crippen LogP contribution in [0.4, 0.5) is 0 Å². The summed E-state index contributed by atoms with van der Waals surface area (Å²) in [5.74, 6) is 1.45. The predicted molar refractivity (Wildman–Crippen MR) is 128 cm³/mol. The highest BCUT2D eigenvalue weighted by Crippen LogP contribution is 2.36. The third-order valence-electron chi connectivity index (χ3n) is 5.59. The molecule has 0 aliphatic carbocycles. The molecule has 0 saturated heterocycles. The average Bonchev–Trinajstić information content (AvgIpc) is 2.84. The molecule has 162 valence electrons. The molecule has 6 nitrogen and oxygen atoms in total. The molecule has 0 aliphatic heterocycles. The Balaban J connectivity index is 1.75. The molecule has 5 aromatic rings. The zero-order chi connectivity index (χ0) is 21.9. The lowest BCUT2D eigenvalue weighted by Crippen LogP contribution is -2.03. The molecular formula is C26H26N4O2. The standard InChI is InChI=1S/C26H26N4O2/c1-3-5-13-31-21-15-19-20(16-22(21)32-14-6-4-2)30-26-18-10-8-12-28-24(18)23-17(25(26)29-19)9-7-11-27-23/h7-12,15-16H,3-6,13-14H2,1-2H3.